The van der Waals surface area contributed by atoms with E-state index < -0.39 is 17.9 Å². The lowest BCUT2D eigenvalue weighted by molar-refractivity contribution is 0.0357. The molecule has 1 fully saturated rings. The van der Waals surface area contributed by atoms with E-state index >= 15 is 4.39 Å². The van der Waals surface area contributed by atoms with E-state index in [4.69, 9.17) is 23.7 Å². The van der Waals surface area contributed by atoms with Crippen LogP contribution in [0.4, 0.5) is 19.3 Å². The van der Waals surface area contributed by atoms with Gasteiger partial charge in [-0.25, -0.2) is 13.6 Å². The van der Waals surface area contributed by atoms with Gasteiger partial charge in [0, 0.05) is 43.7 Å². The van der Waals surface area contributed by atoms with Crippen molar-refractivity contribution in [2.45, 2.75) is 19.4 Å². The number of carbonyl (C=O) groups is 1. The van der Waals surface area contributed by atoms with Crippen molar-refractivity contribution in [3.8, 4) is 28.7 Å². The van der Waals surface area contributed by atoms with Crippen molar-refractivity contribution in [2.24, 2.45) is 0 Å². The average Bonchev–Trinajstić information content (AvgIpc) is 3.05. The Hall–Kier alpha value is -4.68. The second-order valence-corrected chi connectivity index (χ2v) is 10.7. The Labute approximate surface area is 259 Å². The molecule has 45 heavy (non-hydrogen) atoms. The number of carbonyl (C=O) groups excluding carboxylic acids is 1. The topological polar surface area (TPSA) is 103 Å². The third-order valence-corrected chi connectivity index (χ3v) is 7.55. The summed E-state index contributed by atoms with van der Waals surface area (Å²) in [6.07, 6.45) is 2.40. The average molecular weight is 621 g/mol. The highest BCUT2D eigenvalue weighted by Crippen LogP contribution is 2.48. The van der Waals surface area contributed by atoms with Crippen LogP contribution >= 0.6 is 0 Å². The molecule has 2 aliphatic heterocycles. The van der Waals surface area contributed by atoms with Crippen molar-refractivity contribution in [3.05, 3.63) is 78.0 Å². The zero-order chi connectivity index (χ0) is 31.2. The van der Waals surface area contributed by atoms with Crippen LogP contribution in [0.25, 0.3) is 10.9 Å². The van der Waals surface area contributed by atoms with Gasteiger partial charge in [0.25, 0.3) is 0 Å². The molecule has 0 spiro atoms. The van der Waals surface area contributed by atoms with E-state index in [0.717, 1.165) is 44.8 Å². The fraction of sp³-hybridized carbons (Fsp3) is 0.333. The quantitative estimate of drug-likeness (QED) is 0.206. The molecule has 0 saturated carbocycles. The lowest BCUT2D eigenvalue weighted by atomic mass is 10.1. The van der Waals surface area contributed by atoms with Gasteiger partial charge < -0.3 is 34.3 Å². The number of fused-ring (bicyclic) bond motifs is 3. The van der Waals surface area contributed by atoms with Gasteiger partial charge in [0.1, 0.15) is 24.8 Å². The maximum absolute atomic E-state index is 15.2. The number of aromatic nitrogens is 1. The molecule has 4 aromatic rings. The maximum atomic E-state index is 15.2. The third kappa shape index (κ3) is 7.35. The van der Waals surface area contributed by atoms with Crippen LogP contribution in [0.3, 0.4) is 0 Å². The zero-order valence-electron chi connectivity index (χ0n) is 24.8. The van der Waals surface area contributed by atoms with Crippen LogP contribution in [-0.4, -0.2) is 68.6 Å². The second kappa shape index (κ2) is 14.0. The predicted molar refractivity (Wildman–Crippen MR) is 164 cm³/mol. The first-order valence-corrected chi connectivity index (χ1v) is 14.9. The van der Waals surface area contributed by atoms with Crippen LogP contribution in [0.5, 0.6) is 28.7 Å². The molecule has 12 heteroatoms. The van der Waals surface area contributed by atoms with Crippen molar-refractivity contribution in [1.82, 2.24) is 15.2 Å². The number of amides is 2. The molecule has 0 bridgehead atoms. The number of nitrogens with one attached hydrogen (secondary N) is 2. The van der Waals surface area contributed by atoms with Gasteiger partial charge in [-0.2, -0.15) is 0 Å². The lowest BCUT2D eigenvalue weighted by Gasteiger charge is -2.26. The van der Waals surface area contributed by atoms with Crippen molar-refractivity contribution < 1.29 is 37.3 Å². The Morgan fingerprint density at radius 1 is 0.956 bits per heavy atom. The number of hydrogen-bond donors (Lipinski definition) is 2. The van der Waals surface area contributed by atoms with Crippen LogP contribution < -0.4 is 29.6 Å². The summed E-state index contributed by atoms with van der Waals surface area (Å²) >= 11 is 0. The number of morpholine rings is 1. The van der Waals surface area contributed by atoms with Crippen LogP contribution in [0.15, 0.2) is 60.8 Å². The summed E-state index contributed by atoms with van der Waals surface area (Å²) in [6, 6.07) is 12.4. The SMILES string of the molecule is C[C@@H](NC(=O)Nc1ccc(Oc2ccnc3cc(OCCCN4CCOCC4)c4c(c23)OCCO4)c(F)c1)c1ccc(F)cc1. The third-order valence-electron chi connectivity index (χ3n) is 7.55. The van der Waals surface area contributed by atoms with Gasteiger partial charge in [-0.15, -0.1) is 0 Å². The van der Waals surface area contributed by atoms with Gasteiger partial charge in [0.05, 0.1) is 36.8 Å². The highest BCUT2D eigenvalue weighted by atomic mass is 19.1. The smallest absolute Gasteiger partial charge is 0.319 e. The Kier molecular flexibility index (Phi) is 9.41. The number of ether oxygens (including phenoxy) is 5. The van der Waals surface area contributed by atoms with Gasteiger partial charge in [-0.1, -0.05) is 12.1 Å². The van der Waals surface area contributed by atoms with Gasteiger partial charge in [-0.3, -0.25) is 9.88 Å². The fourth-order valence-electron chi connectivity index (χ4n) is 5.24. The molecular weight excluding hydrogens is 586 g/mol. The molecule has 3 aromatic carbocycles. The molecule has 2 aliphatic rings. The summed E-state index contributed by atoms with van der Waals surface area (Å²) in [6.45, 7) is 7.19. The van der Waals surface area contributed by atoms with E-state index in [1.807, 2.05) is 0 Å². The molecule has 10 nitrogen and oxygen atoms in total. The summed E-state index contributed by atoms with van der Waals surface area (Å²) in [5.74, 6) is 0.633. The van der Waals surface area contributed by atoms with E-state index in [2.05, 4.69) is 20.5 Å². The van der Waals surface area contributed by atoms with E-state index in [1.165, 1.54) is 30.3 Å². The number of urea groups is 1. The number of hydrogen-bond acceptors (Lipinski definition) is 8. The van der Waals surface area contributed by atoms with E-state index in [9.17, 15) is 9.18 Å². The van der Waals surface area contributed by atoms with Crippen LogP contribution in [-0.2, 0) is 4.74 Å². The molecule has 0 unspecified atom stereocenters. The number of nitrogens with zero attached hydrogens (tertiary/aromatic N) is 2. The number of anilines is 1. The molecular formula is C33H34F2N4O6. The minimum atomic E-state index is -0.685. The first-order valence-electron chi connectivity index (χ1n) is 14.9. The van der Waals surface area contributed by atoms with E-state index in [-0.39, 0.29) is 17.3 Å². The maximum Gasteiger partial charge on any atom is 0.319 e. The highest BCUT2D eigenvalue weighted by molar-refractivity contribution is 5.95. The molecule has 1 atom stereocenters. The van der Waals surface area contributed by atoms with Gasteiger partial charge in [0.15, 0.2) is 23.1 Å². The number of rotatable bonds is 10. The summed E-state index contributed by atoms with van der Waals surface area (Å²) < 4.78 is 57.9. The van der Waals surface area contributed by atoms with Gasteiger partial charge in [-0.05, 0) is 49.2 Å². The first-order chi connectivity index (χ1) is 21.9. The summed E-state index contributed by atoms with van der Waals surface area (Å²) in [5, 5.41) is 5.89. The minimum absolute atomic E-state index is 0.0537. The molecule has 236 valence electrons. The van der Waals surface area contributed by atoms with Gasteiger partial charge >= 0.3 is 6.03 Å². The molecule has 3 heterocycles. The van der Waals surface area contributed by atoms with Crippen molar-refractivity contribution in [2.75, 3.05) is 58.0 Å². The molecule has 2 amide bonds. The summed E-state index contributed by atoms with van der Waals surface area (Å²) in [7, 11) is 0. The first kappa shape index (κ1) is 30.4. The van der Waals surface area contributed by atoms with Gasteiger partial charge in [0.2, 0.25) is 5.75 Å². The van der Waals surface area contributed by atoms with Crippen molar-refractivity contribution in [1.29, 1.82) is 0 Å². The molecule has 0 radical (unpaired) electrons. The Balaban J connectivity index is 1.14. The molecule has 1 saturated heterocycles. The largest absolute Gasteiger partial charge is 0.489 e. The summed E-state index contributed by atoms with van der Waals surface area (Å²) in [5.41, 5.74) is 1.50. The second-order valence-electron chi connectivity index (χ2n) is 10.7. The fourth-order valence-corrected chi connectivity index (χ4v) is 5.24. The van der Waals surface area contributed by atoms with Crippen molar-refractivity contribution in [3.63, 3.8) is 0 Å². The predicted octanol–water partition coefficient (Wildman–Crippen LogP) is 6.06. The van der Waals surface area contributed by atoms with Crippen LogP contribution in [0.1, 0.15) is 24.9 Å². The molecule has 1 aromatic heterocycles. The lowest BCUT2D eigenvalue weighted by Crippen LogP contribution is -2.37. The Bertz CT molecular complexity index is 1650. The van der Waals surface area contributed by atoms with Crippen LogP contribution in [0, 0.1) is 11.6 Å². The summed E-state index contributed by atoms with van der Waals surface area (Å²) in [4.78, 5) is 19.4. The minimum Gasteiger partial charge on any atom is -0.489 e. The normalized spacial score (nSPS) is 15.4. The number of pyridine rings is 1. The highest BCUT2D eigenvalue weighted by Gasteiger charge is 2.25. The van der Waals surface area contributed by atoms with Crippen LogP contribution in [0.2, 0.25) is 0 Å². The molecule has 6 rings (SSSR count). The van der Waals surface area contributed by atoms with E-state index in [0.29, 0.717) is 53.7 Å². The Morgan fingerprint density at radius 3 is 2.51 bits per heavy atom. The van der Waals surface area contributed by atoms with Crippen molar-refractivity contribution >= 4 is 22.6 Å². The standard InChI is InChI=1S/C33H34F2N4O6/c1-21(22-3-5-23(34)6-4-22)37-33(40)38-24-7-8-27(25(35)19-24)45-28-9-10-36-26-20-29(31-32(30(26)28)44-18-17-43-31)42-14-2-11-39-12-15-41-16-13-39/h3-10,19-21H,2,11-18H2,1H3,(H2,37,38,40)/t21-/m1/s1. The monoisotopic (exact) mass is 620 g/mol. The zero-order valence-corrected chi connectivity index (χ0v) is 24.8. The number of benzene rings is 3. The molecule has 0 aliphatic carbocycles. The molecule has 2 N–H and O–H groups in total. The number of halogens is 2. The Morgan fingerprint density at radius 2 is 1.73 bits per heavy atom. The van der Waals surface area contributed by atoms with E-state index in [1.54, 1.807) is 37.4 Å².